The Labute approximate surface area is 84.2 Å². The molecule has 0 spiro atoms. The predicted molar refractivity (Wildman–Crippen MR) is 65.5 cm³/mol. The zero-order valence-electron chi connectivity index (χ0n) is 3.83. The summed E-state index contributed by atoms with van der Waals surface area (Å²) in [7, 11) is 10.8. The van der Waals surface area contributed by atoms with Crippen LogP contribution in [0.1, 0.15) is 0 Å². The van der Waals surface area contributed by atoms with Crippen LogP contribution in [0.25, 0.3) is 0 Å². The summed E-state index contributed by atoms with van der Waals surface area (Å²) in [5.74, 6) is 0. The molecule has 0 heterocycles. The summed E-state index contributed by atoms with van der Waals surface area (Å²) in [6, 6.07) is 0. The van der Waals surface area contributed by atoms with Crippen LogP contribution in [0.4, 0.5) is 0 Å². The number of rotatable bonds is 5. The van der Waals surface area contributed by atoms with Crippen molar-refractivity contribution in [3.05, 3.63) is 0 Å². The van der Waals surface area contributed by atoms with Crippen molar-refractivity contribution in [3.63, 3.8) is 0 Å². The third-order valence-corrected chi connectivity index (χ3v) is 13.2. The smallest absolute Gasteiger partial charge is 0.00947 e. The Hall–Kier alpha value is 2.83. The third kappa shape index (κ3) is 8.83. The van der Waals surface area contributed by atoms with E-state index in [4.69, 9.17) is 0 Å². The minimum atomic E-state index is 1.76. The second-order valence-corrected chi connectivity index (χ2v) is 12.7. The molecule has 0 radical (unpaired) electrons. The zero-order valence-corrected chi connectivity index (χ0v) is 10.9. The molecule has 0 aliphatic carbocycles. The molecular weight excluding hydrogens is 331 g/mol. The van der Waals surface area contributed by atoms with Crippen LogP contribution in [0.2, 0.25) is 0 Å². The molecule has 0 saturated carbocycles. The minimum Gasteiger partial charge on any atom is -0.0851 e. The molecule has 8 heavy (non-hydrogen) atoms. The van der Waals surface area contributed by atoms with Gasteiger partial charge in [-0.3, -0.25) is 0 Å². The molecule has 0 rings (SSSR count). The van der Waals surface area contributed by atoms with E-state index in [2.05, 4.69) is 27.5 Å². The SMILES string of the molecule is CSSSSSSI. The van der Waals surface area contributed by atoms with E-state index >= 15 is 0 Å². The first kappa shape index (κ1) is 10.8. The molecule has 0 atom stereocenters. The van der Waals surface area contributed by atoms with Gasteiger partial charge in [-0.15, -0.1) is 0 Å². The van der Waals surface area contributed by atoms with E-state index in [-0.39, 0.29) is 0 Å². The molecule has 0 saturated heterocycles. The van der Waals surface area contributed by atoms with E-state index in [1.807, 2.05) is 19.7 Å². The van der Waals surface area contributed by atoms with Gasteiger partial charge in [-0.1, -0.05) is 10.8 Å². The fraction of sp³-hybridized carbons (Fsp3) is 1.00. The quantitative estimate of drug-likeness (QED) is 0.394. The molecule has 7 heteroatoms. The highest BCUT2D eigenvalue weighted by atomic mass is 127. The van der Waals surface area contributed by atoms with Crippen molar-refractivity contribution in [2.24, 2.45) is 0 Å². The van der Waals surface area contributed by atoms with Gasteiger partial charge < -0.3 is 0 Å². The van der Waals surface area contributed by atoms with Crippen LogP contribution in [0.15, 0.2) is 0 Å². The fourth-order valence-corrected chi connectivity index (χ4v) is 13.5. The minimum absolute atomic E-state index is 1.76. The molecule has 0 fully saturated rings. The summed E-state index contributed by atoms with van der Waals surface area (Å²) >= 11 is 2.27. The highest BCUT2D eigenvalue weighted by molar-refractivity contribution is 14.2. The summed E-state index contributed by atoms with van der Waals surface area (Å²) in [6.45, 7) is 0. The van der Waals surface area contributed by atoms with E-state index in [1.54, 1.807) is 38.4 Å². The summed E-state index contributed by atoms with van der Waals surface area (Å²) in [6.07, 6.45) is 2.08. The first-order chi connectivity index (χ1) is 3.91. The van der Waals surface area contributed by atoms with E-state index in [1.165, 1.54) is 0 Å². The van der Waals surface area contributed by atoms with Crippen molar-refractivity contribution >= 4 is 79.3 Å². The molecule has 0 N–H and O–H groups in total. The van der Waals surface area contributed by atoms with Crippen LogP contribution in [-0.2, 0) is 0 Å². The van der Waals surface area contributed by atoms with Crippen molar-refractivity contribution in [1.29, 1.82) is 0 Å². The van der Waals surface area contributed by atoms with E-state index in [0.29, 0.717) is 0 Å². The van der Waals surface area contributed by atoms with Gasteiger partial charge in [0.05, 0.1) is 0 Å². The molecule has 0 aromatic carbocycles. The highest BCUT2D eigenvalue weighted by Gasteiger charge is 1.87. The van der Waals surface area contributed by atoms with Gasteiger partial charge in [-0.05, 0) is 53.5 Å². The average Bonchev–Trinajstić information content (AvgIpc) is 1.81. The standard InChI is InChI=1S/CH3IS6/c1-3-5-7-8-6-4-2/h1H3. The summed E-state index contributed by atoms with van der Waals surface area (Å²) in [4.78, 5) is 0. The predicted octanol–water partition coefficient (Wildman–Crippen LogP) is 4.94. The second-order valence-electron chi connectivity index (χ2n) is 0.502. The average molecular weight is 334 g/mol. The van der Waals surface area contributed by atoms with Crippen LogP contribution in [-0.4, -0.2) is 6.26 Å². The molecule has 0 aromatic rings. The van der Waals surface area contributed by atoms with Gasteiger partial charge in [0.1, 0.15) is 0 Å². The van der Waals surface area contributed by atoms with Crippen LogP contribution < -0.4 is 0 Å². The maximum atomic E-state index is 2.27. The van der Waals surface area contributed by atoms with Gasteiger partial charge in [0.15, 0.2) is 0 Å². The summed E-state index contributed by atoms with van der Waals surface area (Å²) in [5, 5.41) is 0. The Morgan fingerprint density at radius 3 is 2.12 bits per heavy atom. The Bertz CT molecular complexity index is 33.5. The first-order valence-electron chi connectivity index (χ1n) is 1.40. The molecule has 0 bridgehead atoms. The summed E-state index contributed by atoms with van der Waals surface area (Å²) in [5.41, 5.74) is 0. The van der Waals surface area contributed by atoms with Gasteiger partial charge in [-0.25, -0.2) is 0 Å². The van der Waals surface area contributed by atoms with Crippen LogP contribution in [0.3, 0.4) is 0 Å². The summed E-state index contributed by atoms with van der Waals surface area (Å²) < 4.78 is 0. The lowest BCUT2D eigenvalue weighted by Gasteiger charge is -1.89. The Morgan fingerprint density at radius 2 is 1.62 bits per heavy atom. The molecule has 0 amide bonds. The Balaban J connectivity index is 2.53. The molecular formula is CH3IS6. The highest BCUT2D eigenvalue weighted by Crippen LogP contribution is 2.53. The molecule has 50 valence electrons. The van der Waals surface area contributed by atoms with E-state index in [9.17, 15) is 0 Å². The molecule has 0 nitrogen and oxygen atoms in total. The van der Waals surface area contributed by atoms with E-state index in [0.717, 1.165) is 0 Å². The van der Waals surface area contributed by atoms with Crippen molar-refractivity contribution in [2.45, 2.75) is 0 Å². The number of hydrogen-bond acceptors (Lipinski definition) is 6. The monoisotopic (exact) mass is 334 g/mol. The zero-order chi connectivity index (χ0) is 6.24. The van der Waals surface area contributed by atoms with Crippen molar-refractivity contribution in [2.75, 3.05) is 6.26 Å². The third-order valence-electron chi connectivity index (χ3n) is 0.177. The maximum Gasteiger partial charge on any atom is 0.00947 e. The van der Waals surface area contributed by atoms with Crippen LogP contribution in [0.5, 0.6) is 0 Å². The largest absolute Gasteiger partial charge is 0.0851 e. The Kier molecular flexibility index (Phi) is 13.3. The first-order valence-corrected chi connectivity index (χ1v) is 11.8. The van der Waals surface area contributed by atoms with Crippen molar-refractivity contribution in [3.8, 4) is 0 Å². The van der Waals surface area contributed by atoms with Crippen molar-refractivity contribution in [1.82, 2.24) is 0 Å². The molecule has 0 aromatic heterocycles. The van der Waals surface area contributed by atoms with Crippen LogP contribution in [0, 0.1) is 0 Å². The lowest BCUT2D eigenvalue weighted by atomic mass is 12.0. The lowest BCUT2D eigenvalue weighted by Crippen LogP contribution is -1.29. The van der Waals surface area contributed by atoms with Gasteiger partial charge in [0.2, 0.25) is 0 Å². The number of halogens is 1. The van der Waals surface area contributed by atoms with Gasteiger partial charge in [-0.2, -0.15) is 0 Å². The van der Waals surface area contributed by atoms with Crippen LogP contribution >= 0.6 is 79.3 Å². The van der Waals surface area contributed by atoms with Gasteiger partial charge in [0.25, 0.3) is 0 Å². The number of hydrogen-bond donors (Lipinski definition) is 0. The molecule has 0 aliphatic heterocycles. The fourth-order valence-electron chi connectivity index (χ4n) is 0.0610. The Morgan fingerprint density at radius 1 is 1.00 bits per heavy atom. The second kappa shape index (κ2) is 9.83. The molecule has 0 aliphatic rings. The van der Waals surface area contributed by atoms with Gasteiger partial charge in [0, 0.05) is 21.2 Å². The van der Waals surface area contributed by atoms with E-state index < -0.39 is 0 Å². The van der Waals surface area contributed by atoms with Gasteiger partial charge >= 0.3 is 0 Å². The normalized spacial score (nSPS) is 9.75. The maximum absolute atomic E-state index is 2.27. The molecule has 0 unspecified atom stereocenters. The lowest BCUT2D eigenvalue weighted by molar-refractivity contribution is 2.55. The topological polar surface area (TPSA) is 0 Å². The van der Waals surface area contributed by atoms with Crippen molar-refractivity contribution < 1.29 is 0 Å².